The van der Waals surface area contributed by atoms with Crippen molar-refractivity contribution in [3.05, 3.63) is 34.1 Å². The summed E-state index contributed by atoms with van der Waals surface area (Å²) in [5.41, 5.74) is 2.10. The van der Waals surface area contributed by atoms with Crippen molar-refractivity contribution in [2.45, 2.75) is 46.1 Å². The number of pyridine rings is 1. The van der Waals surface area contributed by atoms with Crippen LogP contribution >= 0.6 is 15.9 Å². The highest BCUT2D eigenvalue weighted by Crippen LogP contribution is 2.38. The number of hydrogen-bond donors (Lipinski definition) is 0. The first kappa shape index (κ1) is 21.6. The number of esters is 1. The van der Waals surface area contributed by atoms with E-state index >= 15 is 0 Å². The Balaban J connectivity index is 2.37. The number of anilines is 1. The number of Topliss-reactive ketones (excluding diaryl/α,β-unsaturated/α-hetero) is 1. The monoisotopic (exact) mass is 438 g/mol. The van der Waals surface area contributed by atoms with Crippen LogP contribution in [-0.2, 0) is 14.3 Å². The minimum absolute atomic E-state index is 0.155. The van der Waals surface area contributed by atoms with Gasteiger partial charge < -0.3 is 14.4 Å². The normalized spacial score (nSPS) is 16.1. The molecule has 148 valence electrons. The summed E-state index contributed by atoms with van der Waals surface area (Å²) < 4.78 is 11.6. The second-order valence-electron chi connectivity index (χ2n) is 6.91. The third-order valence-corrected chi connectivity index (χ3v) is 5.78. The molecule has 0 aliphatic carbocycles. The Kier molecular flexibility index (Phi) is 7.17. The molecule has 1 aliphatic heterocycles. The van der Waals surface area contributed by atoms with E-state index in [-0.39, 0.29) is 12.2 Å². The van der Waals surface area contributed by atoms with E-state index in [1.54, 1.807) is 19.9 Å². The quantitative estimate of drug-likeness (QED) is 0.279. The number of aromatic nitrogens is 1. The minimum atomic E-state index is -0.851. The summed E-state index contributed by atoms with van der Waals surface area (Å²) in [6.45, 7) is 13.2. The Morgan fingerprint density at radius 2 is 1.93 bits per heavy atom. The number of ketones is 1. The van der Waals surface area contributed by atoms with Gasteiger partial charge in [0.25, 0.3) is 5.78 Å². The predicted octanol–water partition coefficient (Wildman–Crippen LogP) is 3.77. The van der Waals surface area contributed by atoms with Crippen LogP contribution in [0.2, 0.25) is 0 Å². The minimum Gasteiger partial charge on any atom is -0.460 e. The third-order valence-electron chi connectivity index (χ3n) is 4.83. The highest BCUT2D eigenvalue weighted by Gasteiger charge is 2.35. The lowest BCUT2D eigenvalue weighted by Crippen LogP contribution is -2.45. The van der Waals surface area contributed by atoms with Crippen LogP contribution in [0.4, 0.5) is 5.69 Å². The first-order valence-electron chi connectivity index (χ1n) is 9.12. The van der Waals surface area contributed by atoms with Crippen molar-refractivity contribution >= 4 is 33.4 Å². The van der Waals surface area contributed by atoms with Gasteiger partial charge in [-0.2, -0.15) is 0 Å². The molecule has 2 heterocycles. The van der Waals surface area contributed by atoms with E-state index in [0.29, 0.717) is 36.6 Å². The summed E-state index contributed by atoms with van der Waals surface area (Å²) >= 11 is 3.57. The summed E-state index contributed by atoms with van der Waals surface area (Å²) in [7, 11) is 0. The lowest BCUT2D eigenvalue weighted by atomic mass is 9.92. The number of piperidine rings is 1. The fourth-order valence-corrected chi connectivity index (χ4v) is 3.82. The summed E-state index contributed by atoms with van der Waals surface area (Å²) in [5.74, 6) is -1.51. The van der Waals surface area contributed by atoms with Crippen molar-refractivity contribution < 1.29 is 19.1 Å². The molecule has 0 radical (unpaired) electrons. The van der Waals surface area contributed by atoms with E-state index in [2.05, 4.69) is 39.3 Å². The van der Waals surface area contributed by atoms with Crippen molar-refractivity contribution in [1.82, 2.24) is 4.98 Å². The Morgan fingerprint density at radius 1 is 1.30 bits per heavy atom. The molecule has 0 saturated carbocycles. The molecule has 1 aromatic rings. The molecule has 1 aliphatic rings. The second kappa shape index (κ2) is 8.97. The average Bonchev–Trinajstić information content (AvgIpc) is 2.63. The number of hydrogen-bond acceptors (Lipinski definition) is 6. The van der Waals surface area contributed by atoms with Gasteiger partial charge in [0.1, 0.15) is 0 Å². The molecule has 0 atom stereocenters. The van der Waals surface area contributed by atoms with Gasteiger partial charge in [-0.25, -0.2) is 4.79 Å². The van der Waals surface area contributed by atoms with E-state index in [9.17, 15) is 9.59 Å². The molecule has 0 bridgehead atoms. The van der Waals surface area contributed by atoms with E-state index < -0.39 is 11.8 Å². The van der Waals surface area contributed by atoms with Crippen LogP contribution in [0.5, 0.6) is 0 Å². The number of aryl methyl sites for hydroxylation is 2. The van der Waals surface area contributed by atoms with Gasteiger partial charge in [0.2, 0.25) is 0 Å². The first-order valence-corrected chi connectivity index (χ1v) is 9.91. The molecule has 0 spiro atoms. The van der Waals surface area contributed by atoms with Gasteiger partial charge in [0, 0.05) is 13.1 Å². The number of ether oxygens (including phenoxy) is 2. The zero-order valence-corrected chi connectivity index (χ0v) is 18.0. The van der Waals surface area contributed by atoms with Gasteiger partial charge in [0.05, 0.1) is 45.9 Å². The van der Waals surface area contributed by atoms with Crippen molar-refractivity contribution in [1.29, 1.82) is 0 Å². The Hall–Kier alpha value is -1.73. The fourth-order valence-electron chi connectivity index (χ4n) is 3.28. The lowest BCUT2D eigenvalue weighted by Gasteiger charge is -2.41. The van der Waals surface area contributed by atoms with Crippen LogP contribution in [0, 0.1) is 13.8 Å². The van der Waals surface area contributed by atoms with Crippen molar-refractivity contribution in [3.8, 4) is 0 Å². The zero-order chi connectivity index (χ0) is 20.2. The van der Waals surface area contributed by atoms with Gasteiger partial charge >= 0.3 is 5.97 Å². The van der Waals surface area contributed by atoms with Crippen molar-refractivity contribution in [2.75, 3.05) is 31.2 Å². The molecular formula is C20H27BrN2O4. The molecule has 27 heavy (non-hydrogen) atoms. The highest BCUT2D eigenvalue weighted by atomic mass is 79.9. The zero-order valence-electron chi connectivity index (χ0n) is 16.4. The summed E-state index contributed by atoms with van der Waals surface area (Å²) in [6, 6.07) is 0. The molecule has 7 heteroatoms. The molecule has 6 nitrogen and oxygen atoms in total. The molecule has 1 aromatic heterocycles. The second-order valence-corrected chi connectivity index (χ2v) is 7.70. The Labute approximate surface area is 169 Å². The molecule has 0 unspecified atom stereocenters. The molecule has 0 aromatic carbocycles. The van der Waals surface area contributed by atoms with E-state index in [0.717, 1.165) is 23.0 Å². The standard InChI is InChI=1S/C20H27BrN2O4/c1-6-12-27-20(5)8-10-23(11-9-20)17-15(18(24)19(25)26-7-2)13(3)22-14(4)16(17)21/h6H,1,7-12H2,2-5H3. The lowest BCUT2D eigenvalue weighted by molar-refractivity contribution is -0.137. The van der Waals surface area contributed by atoms with E-state index in [1.165, 1.54) is 0 Å². The molecule has 1 saturated heterocycles. The van der Waals surface area contributed by atoms with Crippen LogP contribution in [0.25, 0.3) is 0 Å². The summed E-state index contributed by atoms with van der Waals surface area (Å²) in [6.07, 6.45) is 3.36. The number of carbonyl (C=O) groups is 2. The van der Waals surface area contributed by atoms with Crippen LogP contribution in [0.15, 0.2) is 17.1 Å². The first-order chi connectivity index (χ1) is 12.7. The van der Waals surface area contributed by atoms with Crippen LogP contribution < -0.4 is 4.90 Å². The van der Waals surface area contributed by atoms with Gasteiger partial charge in [-0.3, -0.25) is 9.78 Å². The fraction of sp³-hybridized carbons (Fsp3) is 0.550. The maximum absolute atomic E-state index is 12.8. The maximum atomic E-state index is 12.8. The van der Waals surface area contributed by atoms with Gasteiger partial charge in [-0.1, -0.05) is 6.08 Å². The van der Waals surface area contributed by atoms with Crippen molar-refractivity contribution in [3.63, 3.8) is 0 Å². The Bertz CT molecular complexity index is 740. The van der Waals surface area contributed by atoms with E-state index in [4.69, 9.17) is 9.47 Å². The van der Waals surface area contributed by atoms with Crippen molar-refractivity contribution in [2.24, 2.45) is 0 Å². The number of halogens is 1. The third kappa shape index (κ3) is 4.76. The number of rotatable bonds is 7. The number of carbonyl (C=O) groups excluding carboxylic acids is 2. The summed E-state index contributed by atoms with van der Waals surface area (Å²) in [4.78, 5) is 31.4. The van der Waals surface area contributed by atoms with E-state index in [1.807, 2.05) is 6.92 Å². The van der Waals surface area contributed by atoms with Gasteiger partial charge in [-0.05, 0) is 56.5 Å². The molecular weight excluding hydrogens is 412 g/mol. The van der Waals surface area contributed by atoms with Crippen LogP contribution in [-0.4, -0.2) is 48.6 Å². The largest absolute Gasteiger partial charge is 0.460 e. The number of nitrogens with zero attached hydrogens (tertiary/aromatic N) is 2. The summed E-state index contributed by atoms with van der Waals surface area (Å²) in [5, 5.41) is 0. The SMILES string of the molecule is C=CCOC1(C)CCN(c2c(Br)c(C)nc(C)c2C(=O)C(=O)OCC)CC1. The molecule has 1 fully saturated rings. The van der Waals surface area contributed by atoms with Gasteiger partial charge in [-0.15, -0.1) is 6.58 Å². The average molecular weight is 439 g/mol. The predicted molar refractivity (Wildman–Crippen MR) is 108 cm³/mol. The van der Waals surface area contributed by atoms with Crippen LogP contribution in [0.1, 0.15) is 48.4 Å². The Morgan fingerprint density at radius 3 is 2.48 bits per heavy atom. The molecule has 0 N–H and O–H groups in total. The van der Waals surface area contributed by atoms with Crippen LogP contribution in [0.3, 0.4) is 0 Å². The molecule has 2 rings (SSSR count). The van der Waals surface area contributed by atoms with Gasteiger partial charge in [0.15, 0.2) is 0 Å². The molecule has 0 amide bonds. The topological polar surface area (TPSA) is 68.7 Å². The maximum Gasteiger partial charge on any atom is 0.379 e. The smallest absolute Gasteiger partial charge is 0.379 e. The highest BCUT2D eigenvalue weighted by molar-refractivity contribution is 9.10.